The van der Waals surface area contributed by atoms with Crippen molar-refractivity contribution in [2.24, 2.45) is 0 Å². The summed E-state index contributed by atoms with van der Waals surface area (Å²) in [5, 5.41) is 5.27. The number of aryl methyl sites for hydroxylation is 1. The molecule has 0 radical (unpaired) electrons. The quantitative estimate of drug-likeness (QED) is 0.506. The van der Waals surface area contributed by atoms with Crippen molar-refractivity contribution in [2.45, 2.75) is 33.0 Å². The molecule has 1 fully saturated rings. The van der Waals surface area contributed by atoms with Crippen LogP contribution in [0.2, 0.25) is 0 Å². The van der Waals surface area contributed by atoms with Crippen molar-refractivity contribution < 1.29 is 18.7 Å². The summed E-state index contributed by atoms with van der Waals surface area (Å²) in [5.41, 5.74) is 2.85. The highest BCUT2D eigenvalue weighted by Gasteiger charge is 2.29. The number of benzene rings is 2. The van der Waals surface area contributed by atoms with Gasteiger partial charge in [0.05, 0.1) is 5.69 Å². The number of aromatic nitrogens is 1. The number of amides is 3. The number of rotatable bonds is 6. The van der Waals surface area contributed by atoms with Gasteiger partial charge in [0.15, 0.2) is 5.82 Å². The summed E-state index contributed by atoms with van der Waals surface area (Å²) >= 11 is 0. The van der Waals surface area contributed by atoms with E-state index in [4.69, 9.17) is 4.74 Å². The molecule has 2 N–H and O–H groups in total. The van der Waals surface area contributed by atoms with Gasteiger partial charge in [0.25, 0.3) is 0 Å². The summed E-state index contributed by atoms with van der Waals surface area (Å²) in [6.07, 6.45) is 1.24. The lowest BCUT2D eigenvalue weighted by atomic mass is 10.1. The number of carbonyl (C=O) groups excluding carboxylic acids is 2. The lowest BCUT2D eigenvalue weighted by Gasteiger charge is -2.39. The van der Waals surface area contributed by atoms with E-state index in [-0.39, 0.29) is 24.4 Å². The molecule has 1 aromatic heterocycles. The number of pyridine rings is 1. The van der Waals surface area contributed by atoms with E-state index < -0.39 is 11.8 Å². The molecular weight excluding hydrogens is 461 g/mol. The Kier molecular flexibility index (Phi) is 8.12. The van der Waals surface area contributed by atoms with Crippen molar-refractivity contribution in [3.8, 4) is 0 Å². The number of hydrogen-bond donors (Lipinski definition) is 2. The van der Waals surface area contributed by atoms with E-state index in [1.807, 2.05) is 44.2 Å². The van der Waals surface area contributed by atoms with Crippen LogP contribution >= 0.6 is 0 Å². The number of nitrogens with one attached hydrogen (secondary N) is 2. The van der Waals surface area contributed by atoms with Gasteiger partial charge in [0, 0.05) is 55.4 Å². The first-order valence-electron chi connectivity index (χ1n) is 11.9. The van der Waals surface area contributed by atoms with E-state index in [1.165, 1.54) is 6.07 Å². The lowest BCUT2D eigenvalue weighted by Crippen LogP contribution is -2.53. The third-order valence-electron chi connectivity index (χ3n) is 6.03. The Morgan fingerprint density at radius 1 is 1.08 bits per heavy atom. The van der Waals surface area contributed by atoms with Gasteiger partial charge in [-0.05, 0) is 37.6 Å². The van der Waals surface area contributed by atoms with Gasteiger partial charge in [-0.25, -0.2) is 14.0 Å². The second kappa shape index (κ2) is 11.6. The predicted molar refractivity (Wildman–Crippen MR) is 136 cm³/mol. The summed E-state index contributed by atoms with van der Waals surface area (Å²) in [7, 11) is 0. The molecule has 188 valence electrons. The first-order valence-corrected chi connectivity index (χ1v) is 11.9. The van der Waals surface area contributed by atoms with Crippen LogP contribution in [0.5, 0.6) is 0 Å². The summed E-state index contributed by atoms with van der Waals surface area (Å²) in [6.45, 7) is 6.02. The summed E-state index contributed by atoms with van der Waals surface area (Å²) in [6, 6.07) is 17.3. The molecular formula is C27H30FN5O3. The standard InChI is InChI=1S/C27H30FN5O3/c1-19-15-23(11-12-29-19)30-26(34)31-24-10-6-9-22(25(24)28)17-32-13-14-33(20(2)16-32)27(35)36-18-21-7-4-3-5-8-21/h3-12,15,20H,13-14,16-18H2,1-2H3,(H2,29,30,31,34)/t20-/m0/s1. The molecule has 2 aromatic carbocycles. The molecule has 9 heteroatoms. The lowest BCUT2D eigenvalue weighted by molar-refractivity contribution is 0.0456. The Morgan fingerprint density at radius 2 is 1.89 bits per heavy atom. The van der Waals surface area contributed by atoms with Crippen molar-refractivity contribution in [1.29, 1.82) is 0 Å². The van der Waals surface area contributed by atoms with Gasteiger partial charge >= 0.3 is 12.1 Å². The third kappa shape index (κ3) is 6.57. The number of piperazine rings is 1. The molecule has 0 bridgehead atoms. The van der Waals surface area contributed by atoms with Crippen LogP contribution in [0.3, 0.4) is 0 Å². The number of urea groups is 1. The minimum Gasteiger partial charge on any atom is -0.445 e. The maximum absolute atomic E-state index is 15.2. The molecule has 4 rings (SSSR count). The first kappa shape index (κ1) is 25.1. The van der Waals surface area contributed by atoms with Crippen LogP contribution in [-0.4, -0.2) is 52.6 Å². The number of carbonyl (C=O) groups is 2. The van der Waals surface area contributed by atoms with Gasteiger partial charge in [0.1, 0.15) is 6.61 Å². The Labute approximate surface area is 210 Å². The molecule has 1 atom stereocenters. The SMILES string of the molecule is Cc1cc(NC(=O)Nc2cccc(CN3CCN(C(=O)OCc4ccccc4)[C@@H](C)C3)c2F)ccn1. The zero-order chi connectivity index (χ0) is 25.5. The van der Waals surface area contributed by atoms with Crippen molar-refractivity contribution >= 4 is 23.5 Å². The van der Waals surface area contributed by atoms with E-state index in [1.54, 1.807) is 35.4 Å². The van der Waals surface area contributed by atoms with E-state index in [0.717, 1.165) is 11.3 Å². The van der Waals surface area contributed by atoms with Crippen molar-refractivity contribution in [1.82, 2.24) is 14.8 Å². The van der Waals surface area contributed by atoms with E-state index in [2.05, 4.69) is 20.5 Å². The second-order valence-electron chi connectivity index (χ2n) is 8.86. The molecule has 0 saturated carbocycles. The van der Waals surface area contributed by atoms with Gasteiger partial charge in [-0.2, -0.15) is 0 Å². The third-order valence-corrected chi connectivity index (χ3v) is 6.03. The molecule has 3 amide bonds. The fourth-order valence-corrected chi connectivity index (χ4v) is 4.20. The van der Waals surface area contributed by atoms with Gasteiger partial charge in [-0.15, -0.1) is 0 Å². The molecule has 1 saturated heterocycles. The molecule has 2 heterocycles. The van der Waals surface area contributed by atoms with Crippen LogP contribution in [0.4, 0.5) is 25.4 Å². The number of nitrogens with zero attached hydrogens (tertiary/aromatic N) is 3. The molecule has 0 spiro atoms. The highest BCUT2D eigenvalue weighted by molar-refractivity contribution is 5.99. The van der Waals surface area contributed by atoms with Crippen LogP contribution < -0.4 is 10.6 Å². The molecule has 1 aliphatic rings. The van der Waals surface area contributed by atoms with Crippen molar-refractivity contribution in [3.63, 3.8) is 0 Å². The minimum atomic E-state index is -0.534. The Balaban J connectivity index is 1.30. The number of ether oxygens (including phenoxy) is 1. The zero-order valence-corrected chi connectivity index (χ0v) is 20.4. The fraction of sp³-hybridized carbons (Fsp3) is 0.296. The minimum absolute atomic E-state index is 0.0824. The number of anilines is 2. The highest BCUT2D eigenvalue weighted by Crippen LogP contribution is 2.22. The van der Waals surface area contributed by atoms with Gasteiger partial charge in [-0.3, -0.25) is 9.88 Å². The number of halogens is 1. The van der Waals surface area contributed by atoms with Crippen molar-refractivity contribution in [2.75, 3.05) is 30.3 Å². The molecule has 3 aromatic rings. The van der Waals surface area contributed by atoms with E-state index in [0.29, 0.717) is 37.4 Å². The van der Waals surface area contributed by atoms with Crippen LogP contribution in [0.1, 0.15) is 23.7 Å². The van der Waals surface area contributed by atoms with Crippen LogP contribution in [-0.2, 0) is 17.9 Å². The van der Waals surface area contributed by atoms with E-state index >= 15 is 4.39 Å². The fourth-order valence-electron chi connectivity index (χ4n) is 4.20. The molecule has 0 unspecified atom stereocenters. The monoisotopic (exact) mass is 491 g/mol. The van der Waals surface area contributed by atoms with Crippen LogP contribution in [0.15, 0.2) is 66.9 Å². The van der Waals surface area contributed by atoms with Crippen LogP contribution in [0.25, 0.3) is 0 Å². The van der Waals surface area contributed by atoms with Crippen LogP contribution in [0, 0.1) is 12.7 Å². The zero-order valence-electron chi connectivity index (χ0n) is 20.4. The first-order chi connectivity index (χ1) is 17.4. The normalized spacial score (nSPS) is 15.9. The second-order valence-corrected chi connectivity index (χ2v) is 8.86. The summed E-state index contributed by atoms with van der Waals surface area (Å²) in [4.78, 5) is 32.8. The highest BCUT2D eigenvalue weighted by atomic mass is 19.1. The molecule has 8 nitrogen and oxygen atoms in total. The molecule has 1 aliphatic heterocycles. The average Bonchev–Trinajstić information content (AvgIpc) is 2.86. The Bertz CT molecular complexity index is 1210. The molecule has 36 heavy (non-hydrogen) atoms. The van der Waals surface area contributed by atoms with Gasteiger partial charge < -0.3 is 20.3 Å². The Hall–Kier alpha value is -3.98. The topological polar surface area (TPSA) is 86.8 Å². The van der Waals surface area contributed by atoms with Gasteiger partial charge in [-0.1, -0.05) is 42.5 Å². The van der Waals surface area contributed by atoms with E-state index in [9.17, 15) is 9.59 Å². The predicted octanol–water partition coefficient (Wildman–Crippen LogP) is 5.02. The maximum atomic E-state index is 15.2. The van der Waals surface area contributed by atoms with Gasteiger partial charge in [0.2, 0.25) is 0 Å². The molecule has 0 aliphatic carbocycles. The van der Waals surface area contributed by atoms with Crippen molar-refractivity contribution in [3.05, 3.63) is 89.5 Å². The average molecular weight is 492 g/mol. The summed E-state index contributed by atoms with van der Waals surface area (Å²) in [5.74, 6) is -0.476. The number of hydrogen-bond acceptors (Lipinski definition) is 5. The smallest absolute Gasteiger partial charge is 0.410 e. The Morgan fingerprint density at radius 3 is 2.64 bits per heavy atom. The maximum Gasteiger partial charge on any atom is 0.410 e. The largest absolute Gasteiger partial charge is 0.445 e. The summed E-state index contributed by atoms with van der Waals surface area (Å²) < 4.78 is 20.7.